The summed E-state index contributed by atoms with van der Waals surface area (Å²) < 4.78 is 30.8. The van der Waals surface area contributed by atoms with Crippen LogP contribution in [0.1, 0.15) is 38.7 Å². The first-order valence-electron chi connectivity index (χ1n) is 8.38. The molecule has 1 unspecified atom stereocenters. The lowest BCUT2D eigenvalue weighted by Gasteiger charge is -2.30. The van der Waals surface area contributed by atoms with Crippen molar-refractivity contribution < 1.29 is 22.9 Å². The Balaban J connectivity index is 2.87. The number of benzene rings is 1. The van der Waals surface area contributed by atoms with E-state index in [4.69, 9.17) is 4.74 Å². The summed E-state index contributed by atoms with van der Waals surface area (Å²) in [7, 11) is -2.58. The average molecular weight is 394 g/mol. The summed E-state index contributed by atoms with van der Waals surface area (Å²) in [5, 5.41) is 14.5. The van der Waals surface area contributed by atoms with Gasteiger partial charge in [-0.3, -0.25) is 10.1 Å². The van der Waals surface area contributed by atoms with Crippen LogP contribution in [0.2, 0.25) is 0 Å². The Morgan fingerprint density at radius 1 is 1.26 bits per heavy atom. The van der Waals surface area contributed by atoms with Crippen LogP contribution in [0.3, 0.4) is 0 Å². The number of hydrogen-bond acceptors (Lipinski definition) is 7. The molecule has 1 heterocycles. The molecule has 1 aromatic carbocycles. The largest absolute Gasteiger partial charge is 0.466 e. The third-order valence-electron chi connectivity index (χ3n) is 4.36. The number of carbonyl (C=O) groups excluding carboxylic acids is 1. The Kier molecular flexibility index (Phi) is 6.04. The number of carbonyl (C=O) groups is 1. The Morgan fingerprint density at radius 3 is 2.44 bits per heavy atom. The Bertz CT molecular complexity index is 946. The number of nitro benzene ring substituents is 1. The Hall–Kier alpha value is -2.68. The first-order chi connectivity index (χ1) is 12.7. The van der Waals surface area contributed by atoms with E-state index in [9.17, 15) is 23.3 Å². The highest BCUT2D eigenvalue weighted by Gasteiger charge is 2.41. The van der Waals surface area contributed by atoms with E-state index in [0.717, 1.165) is 0 Å². The zero-order valence-corrected chi connectivity index (χ0v) is 16.4. The molecule has 1 aromatic rings. The number of nitrogens with one attached hydrogen (secondary N) is 1. The molecule has 8 nitrogen and oxygen atoms in total. The average Bonchev–Trinajstić information content (AvgIpc) is 2.60. The molecule has 1 N–H and O–H groups in total. The van der Waals surface area contributed by atoms with Crippen LogP contribution in [0.5, 0.6) is 0 Å². The molecular formula is C18H22N2O6S. The van der Waals surface area contributed by atoms with Gasteiger partial charge in [-0.1, -0.05) is 25.1 Å². The smallest absolute Gasteiger partial charge is 0.336 e. The highest BCUT2D eigenvalue weighted by Crippen LogP contribution is 2.44. The highest BCUT2D eigenvalue weighted by molar-refractivity contribution is 7.95. The number of hydrogen-bond donors (Lipinski definition) is 1. The van der Waals surface area contributed by atoms with Crippen molar-refractivity contribution in [2.45, 2.75) is 33.1 Å². The number of allylic oxidation sites excluding steroid dienone is 3. The predicted octanol–water partition coefficient (Wildman–Crippen LogP) is 2.78. The van der Waals surface area contributed by atoms with E-state index in [2.05, 4.69) is 5.32 Å². The molecule has 0 fully saturated rings. The summed E-state index contributed by atoms with van der Waals surface area (Å²) >= 11 is 0. The fourth-order valence-electron chi connectivity index (χ4n) is 3.34. The maximum absolute atomic E-state index is 13.0. The molecule has 0 spiro atoms. The standard InChI is InChI=1S/C18H22N2O6S/c1-5-10-27(24,25)17-12(3)19-11(2)15(18(21)26-4)16(17)13-8-6-7-9-14(13)20(22)23/h6-9,16,19H,5,10H2,1-4H3. The molecule has 9 heteroatoms. The third kappa shape index (κ3) is 3.87. The van der Waals surface area contributed by atoms with E-state index in [1.54, 1.807) is 26.8 Å². The minimum atomic E-state index is -3.77. The summed E-state index contributed by atoms with van der Waals surface area (Å²) in [6.45, 7) is 4.93. The van der Waals surface area contributed by atoms with Crippen LogP contribution < -0.4 is 5.32 Å². The fraction of sp³-hybridized carbons (Fsp3) is 0.389. The van der Waals surface area contributed by atoms with Gasteiger partial charge in [0.1, 0.15) is 0 Å². The highest BCUT2D eigenvalue weighted by atomic mass is 32.2. The number of dihydropyridines is 1. The van der Waals surface area contributed by atoms with Crippen molar-refractivity contribution in [3.05, 3.63) is 61.8 Å². The lowest BCUT2D eigenvalue weighted by Crippen LogP contribution is -2.32. The van der Waals surface area contributed by atoms with Gasteiger partial charge in [0.2, 0.25) is 0 Å². The first kappa shape index (κ1) is 20.6. The molecule has 1 aliphatic heterocycles. The summed E-state index contributed by atoms with van der Waals surface area (Å²) in [5.41, 5.74) is 0.676. The molecule has 0 aromatic heterocycles. The van der Waals surface area contributed by atoms with E-state index in [1.807, 2.05) is 0 Å². The van der Waals surface area contributed by atoms with Crippen LogP contribution in [0, 0.1) is 10.1 Å². The Labute approximate surface area is 158 Å². The van der Waals surface area contributed by atoms with E-state index in [-0.39, 0.29) is 27.5 Å². The quantitative estimate of drug-likeness (QED) is 0.448. The molecule has 0 amide bonds. The second-order valence-electron chi connectivity index (χ2n) is 6.21. The molecule has 146 valence electrons. The molecule has 0 saturated carbocycles. The number of esters is 1. The number of nitrogens with zero attached hydrogens (tertiary/aromatic N) is 1. The van der Waals surface area contributed by atoms with Crippen LogP contribution in [0.4, 0.5) is 5.69 Å². The van der Waals surface area contributed by atoms with Crippen molar-refractivity contribution >= 4 is 21.5 Å². The van der Waals surface area contributed by atoms with Crippen molar-refractivity contribution in [1.29, 1.82) is 0 Å². The summed E-state index contributed by atoms with van der Waals surface area (Å²) in [6.07, 6.45) is 0.374. The van der Waals surface area contributed by atoms with E-state index in [0.29, 0.717) is 17.8 Å². The molecule has 0 bridgehead atoms. The molecule has 0 radical (unpaired) electrons. The number of rotatable bonds is 6. The number of para-hydroxylation sites is 1. The fourth-order valence-corrected chi connectivity index (χ4v) is 5.22. The number of ether oxygens (including phenoxy) is 1. The van der Waals surface area contributed by atoms with E-state index in [1.165, 1.54) is 25.3 Å². The maximum Gasteiger partial charge on any atom is 0.336 e. The van der Waals surface area contributed by atoms with Gasteiger partial charge >= 0.3 is 5.97 Å². The monoisotopic (exact) mass is 394 g/mol. The lowest BCUT2D eigenvalue weighted by molar-refractivity contribution is -0.385. The molecule has 0 saturated heterocycles. The van der Waals surface area contributed by atoms with Crippen molar-refractivity contribution in [1.82, 2.24) is 5.32 Å². The first-order valence-corrected chi connectivity index (χ1v) is 10.0. The van der Waals surface area contributed by atoms with Gasteiger partial charge in [0.15, 0.2) is 9.84 Å². The molecule has 27 heavy (non-hydrogen) atoms. The number of methoxy groups -OCH3 is 1. The number of sulfone groups is 1. The van der Waals surface area contributed by atoms with Gasteiger partial charge in [-0.05, 0) is 20.3 Å². The van der Waals surface area contributed by atoms with Crippen molar-refractivity contribution in [2.24, 2.45) is 0 Å². The van der Waals surface area contributed by atoms with Crippen molar-refractivity contribution in [2.75, 3.05) is 12.9 Å². The van der Waals surface area contributed by atoms with Gasteiger partial charge in [0.05, 0.1) is 34.2 Å². The molecule has 2 rings (SSSR count). The third-order valence-corrected chi connectivity index (χ3v) is 6.51. The van der Waals surface area contributed by atoms with Crippen LogP contribution in [-0.4, -0.2) is 32.2 Å². The van der Waals surface area contributed by atoms with Crippen molar-refractivity contribution in [3.63, 3.8) is 0 Å². The van der Waals surface area contributed by atoms with Crippen LogP contribution >= 0.6 is 0 Å². The normalized spacial score (nSPS) is 17.6. The predicted molar refractivity (Wildman–Crippen MR) is 100 cm³/mol. The zero-order chi connectivity index (χ0) is 20.4. The van der Waals surface area contributed by atoms with Crippen LogP contribution in [0.25, 0.3) is 0 Å². The van der Waals surface area contributed by atoms with Gasteiger partial charge < -0.3 is 10.1 Å². The van der Waals surface area contributed by atoms with Crippen molar-refractivity contribution in [3.8, 4) is 0 Å². The molecule has 1 aliphatic rings. The summed E-state index contributed by atoms with van der Waals surface area (Å²) in [6, 6.07) is 5.84. The van der Waals surface area contributed by atoms with Crippen LogP contribution in [-0.2, 0) is 19.4 Å². The van der Waals surface area contributed by atoms with Gasteiger partial charge in [0.25, 0.3) is 5.69 Å². The molecular weight excluding hydrogens is 372 g/mol. The maximum atomic E-state index is 13.0. The molecule has 1 atom stereocenters. The van der Waals surface area contributed by atoms with Crippen LogP contribution in [0.15, 0.2) is 46.1 Å². The second kappa shape index (κ2) is 7.91. The van der Waals surface area contributed by atoms with E-state index < -0.39 is 26.6 Å². The zero-order valence-electron chi connectivity index (χ0n) is 15.6. The summed E-state index contributed by atoms with van der Waals surface area (Å²) in [5.74, 6) is -1.98. The number of nitro groups is 1. The SMILES string of the molecule is CCCS(=O)(=O)C1=C(C)NC(C)=C(C(=O)OC)C1c1ccccc1[N+](=O)[O-]. The molecule has 0 aliphatic carbocycles. The lowest BCUT2D eigenvalue weighted by atomic mass is 9.85. The van der Waals surface area contributed by atoms with Gasteiger partial charge in [-0.2, -0.15) is 0 Å². The topological polar surface area (TPSA) is 116 Å². The minimum absolute atomic E-state index is 0.0374. The van der Waals surface area contributed by atoms with Gasteiger partial charge in [0, 0.05) is 23.0 Å². The Morgan fingerprint density at radius 2 is 1.89 bits per heavy atom. The van der Waals surface area contributed by atoms with E-state index >= 15 is 0 Å². The summed E-state index contributed by atoms with van der Waals surface area (Å²) in [4.78, 5) is 23.4. The minimum Gasteiger partial charge on any atom is -0.466 e. The van der Waals surface area contributed by atoms with Gasteiger partial charge in [-0.15, -0.1) is 0 Å². The second-order valence-corrected chi connectivity index (χ2v) is 8.29. The van der Waals surface area contributed by atoms with Gasteiger partial charge in [-0.25, -0.2) is 13.2 Å².